The Morgan fingerprint density at radius 1 is 1.62 bits per heavy atom. The summed E-state index contributed by atoms with van der Waals surface area (Å²) in [5, 5.41) is 3.39. The zero-order valence-corrected chi connectivity index (χ0v) is 8.11. The molecule has 0 saturated carbocycles. The van der Waals surface area contributed by atoms with E-state index >= 15 is 0 Å². The molecule has 4 heteroatoms. The van der Waals surface area contributed by atoms with Gasteiger partial charge in [-0.05, 0) is 26.4 Å². The van der Waals surface area contributed by atoms with Crippen LogP contribution in [-0.4, -0.2) is 28.7 Å². The van der Waals surface area contributed by atoms with Crippen LogP contribution in [-0.2, 0) is 6.54 Å². The van der Waals surface area contributed by atoms with Crippen molar-refractivity contribution in [1.29, 1.82) is 0 Å². The number of aromatic nitrogens is 2. The molecule has 0 aliphatic carbocycles. The molecule has 1 heterocycles. The van der Waals surface area contributed by atoms with E-state index in [1.54, 1.807) is 6.20 Å². The molecule has 1 aromatic heterocycles. The SMILES string of the molecule is CC(Cn1ccnc1)NCCCN. The van der Waals surface area contributed by atoms with Gasteiger partial charge in [0.1, 0.15) is 0 Å². The molecule has 3 N–H and O–H groups in total. The van der Waals surface area contributed by atoms with Gasteiger partial charge in [-0.1, -0.05) is 0 Å². The van der Waals surface area contributed by atoms with Crippen molar-refractivity contribution in [2.45, 2.75) is 25.9 Å². The van der Waals surface area contributed by atoms with Gasteiger partial charge in [-0.15, -0.1) is 0 Å². The van der Waals surface area contributed by atoms with E-state index in [4.69, 9.17) is 5.73 Å². The van der Waals surface area contributed by atoms with Crippen molar-refractivity contribution in [2.75, 3.05) is 13.1 Å². The van der Waals surface area contributed by atoms with Gasteiger partial charge in [-0.2, -0.15) is 0 Å². The van der Waals surface area contributed by atoms with Crippen molar-refractivity contribution in [3.63, 3.8) is 0 Å². The lowest BCUT2D eigenvalue weighted by molar-refractivity contribution is 0.473. The van der Waals surface area contributed by atoms with Crippen molar-refractivity contribution in [3.8, 4) is 0 Å². The van der Waals surface area contributed by atoms with Crippen molar-refractivity contribution in [2.24, 2.45) is 5.73 Å². The van der Waals surface area contributed by atoms with Gasteiger partial charge in [0.2, 0.25) is 0 Å². The largest absolute Gasteiger partial charge is 0.336 e. The average Bonchev–Trinajstić information content (AvgIpc) is 2.57. The zero-order chi connectivity index (χ0) is 9.52. The van der Waals surface area contributed by atoms with Gasteiger partial charge in [-0.25, -0.2) is 4.98 Å². The van der Waals surface area contributed by atoms with Gasteiger partial charge in [0.05, 0.1) is 6.33 Å². The van der Waals surface area contributed by atoms with Gasteiger partial charge < -0.3 is 15.6 Å². The lowest BCUT2D eigenvalue weighted by Crippen LogP contribution is -2.31. The fraction of sp³-hybridized carbons (Fsp3) is 0.667. The second-order valence-corrected chi connectivity index (χ2v) is 3.26. The predicted octanol–water partition coefficient (Wildman–Crippen LogP) is 0.210. The van der Waals surface area contributed by atoms with Gasteiger partial charge in [0, 0.05) is 25.0 Å². The Kier molecular flexibility index (Phi) is 4.49. The molecule has 0 saturated heterocycles. The summed E-state index contributed by atoms with van der Waals surface area (Å²) in [5.41, 5.74) is 5.40. The molecule has 0 aliphatic heterocycles. The topological polar surface area (TPSA) is 55.9 Å². The summed E-state index contributed by atoms with van der Waals surface area (Å²) >= 11 is 0. The first-order chi connectivity index (χ1) is 6.33. The monoisotopic (exact) mass is 182 g/mol. The minimum absolute atomic E-state index is 0.473. The zero-order valence-electron chi connectivity index (χ0n) is 8.11. The molecule has 74 valence electrons. The molecular formula is C9H18N4. The molecule has 0 bridgehead atoms. The molecule has 4 nitrogen and oxygen atoms in total. The summed E-state index contributed by atoms with van der Waals surface area (Å²) in [6.45, 7) is 4.87. The molecule has 13 heavy (non-hydrogen) atoms. The van der Waals surface area contributed by atoms with E-state index in [1.807, 2.05) is 12.5 Å². The Labute approximate surface area is 79.1 Å². The maximum Gasteiger partial charge on any atom is 0.0946 e. The summed E-state index contributed by atoms with van der Waals surface area (Å²) in [6.07, 6.45) is 6.64. The molecular weight excluding hydrogens is 164 g/mol. The van der Waals surface area contributed by atoms with Crippen LogP contribution in [0.15, 0.2) is 18.7 Å². The van der Waals surface area contributed by atoms with E-state index in [1.165, 1.54) is 0 Å². The summed E-state index contributed by atoms with van der Waals surface area (Å²) < 4.78 is 2.07. The van der Waals surface area contributed by atoms with E-state index < -0.39 is 0 Å². The number of hydrogen-bond acceptors (Lipinski definition) is 3. The van der Waals surface area contributed by atoms with Gasteiger partial charge in [0.25, 0.3) is 0 Å². The molecule has 1 atom stereocenters. The normalized spacial score (nSPS) is 13.1. The van der Waals surface area contributed by atoms with Gasteiger partial charge in [-0.3, -0.25) is 0 Å². The number of rotatable bonds is 6. The summed E-state index contributed by atoms with van der Waals surface area (Å²) in [4.78, 5) is 3.99. The number of nitrogens with two attached hydrogens (primary N) is 1. The molecule has 0 aliphatic rings. The van der Waals surface area contributed by atoms with Crippen LogP contribution >= 0.6 is 0 Å². The van der Waals surface area contributed by atoms with E-state index in [-0.39, 0.29) is 0 Å². The predicted molar refractivity (Wildman–Crippen MR) is 53.4 cm³/mol. The fourth-order valence-electron chi connectivity index (χ4n) is 1.23. The van der Waals surface area contributed by atoms with Crippen LogP contribution in [0.4, 0.5) is 0 Å². The van der Waals surface area contributed by atoms with Crippen LogP contribution in [0.25, 0.3) is 0 Å². The third-order valence-electron chi connectivity index (χ3n) is 1.92. The Morgan fingerprint density at radius 3 is 3.08 bits per heavy atom. The molecule has 0 amide bonds. The highest BCUT2D eigenvalue weighted by molar-refractivity contribution is 4.76. The minimum Gasteiger partial charge on any atom is -0.336 e. The van der Waals surface area contributed by atoms with Gasteiger partial charge in [0.15, 0.2) is 0 Å². The molecule has 0 radical (unpaired) electrons. The summed E-state index contributed by atoms with van der Waals surface area (Å²) in [5.74, 6) is 0. The number of nitrogens with zero attached hydrogens (tertiary/aromatic N) is 2. The molecule has 0 fully saturated rings. The number of hydrogen-bond donors (Lipinski definition) is 2. The highest BCUT2D eigenvalue weighted by atomic mass is 15.1. The van der Waals surface area contributed by atoms with E-state index in [0.29, 0.717) is 6.04 Å². The lowest BCUT2D eigenvalue weighted by Gasteiger charge is -2.13. The van der Waals surface area contributed by atoms with Crippen LogP contribution in [0.5, 0.6) is 0 Å². The minimum atomic E-state index is 0.473. The van der Waals surface area contributed by atoms with E-state index in [0.717, 1.165) is 26.1 Å². The average molecular weight is 182 g/mol. The van der Waals surface area contributed by atoms with Crippen molar-refractivity contribution >= 4 is 0 Å². The number of imidazole rings is 1. The Balaban J connectivity index is 2.14. The van der Waals surface area contributed by atoms with Crippen molar-refractivity contribution < 1.29 is 0 Å². The standard InChI is InChI=1S/C9H18N4/c1-9(12-4-2-3-10)7-13-6-5-11-8-13/h5-6,8-9,12H,2-4,7,10H2,1H3. The third kappa shape index (κ3) is 4.05. The fourth-order valence-corrected chi connectivity index (χ4v) is 1.23. The Bertz CT molecular complexity index is 207. The third-order valence-corrected chi connectivity index (χ3v) is 1.92. The summed E-state index contributed by atoms with van der Waals surface area (Å²) in [6, 6.07) is 0.473. The second-order valence-electron chi connectivity index (χ2n) is 3.26. The van der Waals surface area contributed by atoms with Crippen LogP contribution in [0.1, 0.15) is 13.3 Å². The molecule has 1 rings (SSSR count). The molecule has 0 spiro atoms. The smallest absolute Gasteiger partial charge is 0.0946 e. The van der Waals surface area contributed by atoms with Crippen LogP contribution in [0.3, 0.4) is 0 Å². The summed E-state index contributed by atoms with van der Waals surface area (Å²) in [7, 11) is 0. The quantitative estimate of drug-likeness (QED) is 0.618. The maximum atomic E-state index is 5.40. The van der Waals surface area contributed by atoms with Crippen LogP contribution in [0.2, 0.25) is 0 Å². The highest BCUT2D eigenvalue weighted by Gasteiger charge is 2.00. The van der Waals surface area contributed by atoms with Crippen molar-refractivity contribution in [3.05, 3.63) is 18.7 Å². The Morgan fingerprint density at radius 2 is 2.46 bits per heavy atom. The first kappa shape index (κ1) is 10.2. The first-order valence-electron chi connectivity index (χ1n) is 4.72. The second kappa shape index (κ2) is 5.72. The van der Waals surface area contributed by atoms with Crippen molar-refractivity contribution in [1.82, 2.24) is 14.9 Å². The van der Waals surface area contributed by atoms with Gasteiger partial charge >= 0.3 is 0 Å². The molecule has 0 aromatic carbocycles. The van der Waals surface area contributed by atoms with E-state index in [2.05, 4.69) is 21.8 Å². The molecule has 1 aromatic rings. The number of nitrogens with one attached hydrogen (secondary N) is 1. The van der Waals surface area contributed by atoms with Crippen LogP contribution < -0.4 is 11.1 Å². The van der Waals surface area contributed by atoms with E-state index in [9.17, 15) is 0 Å². The lowest BCUT2D eigenvalue weighted by atomic mass is 10.3. The first-order valence-corrected chi connectivity index (χ1v) is 4.72. The van der Waals surface area contributed by atoms with Crippen LogP contribution in [0, 0.1) is 0 Å². The Hall–Kier alpha value is -0.870. The molecule has 1 unspecified atom stereocenters. The maximum absolute atomic E-state index is 5.40. The highest BCUT2D eigenvalue weighted by Crippen LogP contribution is 1.91.